The van der Waals surface area contributed by atoms with Crippen LogP contribution in [0, 0.1) is 5.82 Å². The number of hydrogen-bond donors (Lipinski definition) is 2. The fourth-order valence-electron chi connectivity index (χ4n) is 3.70. The number of hydrogen-bond acceptors (Lipinski definition) is 3. The summed E-state index contributed by atoms with van der Waals surface area (Å²) in [6.45, 7) is 0. The SMILES string of the molecule is COc1c(C(=O)NC2CCCC2)ccc2[nH]nc(/C=C/c3ccc(F)cc3)c12. The van der Waals surface area contributed by atoms with E-state index in [9.17, 15) is 9.18 Å². The zero-order chi connectivity index (χ0) is 19.5. The molecule has 0 aliphatic heterocycles. The number of aromatic amines is 1. The van der Waals surface area contributed by atoms with Crippen LogP contribution in [0.15, 0.2) is 36.4 Å². The lowest BCUT2D eigenvalue weighted by Crippen LogP contribution is -2.32. The monoisotopic (exact) mass is 379 g/mol. The van der Waals surface area contributed by atoms with Crippen LogP contribution in [0.25, 0.3) is 23.1 Å². The predicted octanol–water partition coefficient (Wildman–Crippen LogP) is 4.55. The van der Waals surface area contributed by atoms with E-state index < -0.39 is 0 Å². The van der Waals surface area contributed by atoms with Crippen molar-refractivity contribution in [1.82, 2.24) is 15.5 Å². The van der Waals surface area contributed by atoms with Gasteiger partial charge in [0, 0.05) is 6.04 Å². The fraction of sp³-hybridized carbons (Fsp3) is 0.273. The Kier molecular flexibility index (Phi) is 5.10. The van der Waals surface area contributed by atoms with Crippen LogP contribution in [0.1, 0.15) is 47.3 Å². The molecule has 0 radical (unpaired) electrons. The Morgan fingerprint density at radius 2 is 1.93 bits per heavy atom. The Morgan fingerprint density at radius 1 is 1.18 bits per heavy atom. The molecule has 28 heavy (non-hydrogen) atoms. The third kappa shape index (κ3) is 3.63. The van der Waals surface area contributed by atoms with Crippen LogP contribution in [0.5, 0.6) is 5.75 Å². The third-order valence-corrected chi connectivity index (χ3v) is 5.15. The molecule has 3 aromatic rings. The number of aromatic nitrogens is 2. The Balaban J connectivity index is 1.68. The van der Waals surface area contributed by atoms with E-state index in [0.29, 0.717) is 17.0 Å². The summed E-state index contributed by atoms with van der Waals surface area (Å²) in [6, 6.07) is 10.0. The van der Waals surface area contributed by atoms with Gasteiger partial charge in [-0.25, -0.2) is 4.39 Å². The number of nitrogens with zero attached hydrogens (tertiary/aromatic N) is 1. The Morgan fingerprint density at radius 3 is 2.64 bits per heavy atom. The normalized spacial score (nSPS) is 14.8. The number of benzene rings is 2. The van der Waals surface area contributed by atoms with Gasteiger partial charge in [-0.3, -0.25) is 9.89 Å². The molecule has 4 rings (SSSR count). The molecule has 0 unspecified atom stereocenters. The first kappa shape index (κ1) is 18.2. The molecule has 5 nitrogen and oxygen atoms in total. The standard InChI is InChI=1S/C22H22FN3O2/c1-28-21-17(22(27)24-16-4-2-3-5-16)11-13-19-20(21)18(25-26-19)12-8-14-6-9-15(23)10-7-14/h6-13,16H,2-5H2,1H3,(H,24,27)(H,25,26)/b12-8+. The highest BCUT2D eigenvalue weighted by Crippen LogP contribution is 2.32. The molecule has 1 fully saturated rings. The molecule has 2 aromatic carbocycles. The molecule has 1 aromatic heterocycles. The van der Waals surface area contributed by atoms with E-state index >= 15 is 0 Å². The molecule has 144 valence electrons. The van der Waals surface area contributed by atoms with Crippen molar-refractivity contribution in [3.05, 3.63) is 59.0 Å². The van der Waals surface area contributed by atoms with Gasteiger partial charge in [-0.15, -0.1) is 0 Å². The Hall–Kier alpha value is -3.15. The van der Waals surface area contributed by atoms with Crippen molar-refractivity contribution < 1.29 is 13.9 Å². The van der Waals surface area contributed by atoms with Gasteiger partial charge in [-0.05, 0) is 48.7 Å². The number of fused-ring (bicyclic) bond motifs is 1. The van der Waals surface area contributed by atoms with Gasteiger partial charge in [-0.1, -0.05) is 31.1 Å². The molecule has 0 bridgehead atoms. The number of rotatable bonds is 5. The second-order valence-electron chi connectivity index (χ2n) is 7.02. The maximum atomic E-state index is 13.1. The molecule has 0 saturated heterocycles. The summed E-state index contributed by atoms with van der Waals surface area (Å²) >= 11 is 0. The van der Waals surface area contributed by atoms with Crippen LogP contribution in [0.3, 0.4) is 0 Å². The number of methoxy groups -OCH3 is 1. The van der Waals surface area contributed by atoms with E-state index in [4.69, 9.17) is 4.74 Å². The molecular formula is C22H22FN3O2. The molecule has 0 atom stereocenters. The number of halogens is 1. The largest absolute Gasteiger partial charge is 0.495 e. The van der Waals surface area contributed by atoms with Crippen LogP contribution >= 0.6 is 0 Å². The van der Waals surface area contributed by atoms with Gasteiger partial charge in [0.15, 0.2) is 0 Å². The molecule has 1 aliphatic rings. The van der Waals surface area contributed by atoms with E-state index in [1.807, 2.05) is 18.2 Å². The van der Waals surface area contributed by atoms with Crippen molar-refractivity contribution in [2.45, 2.75) is 31.7 Å². The number of H-pyrrole nitrogens is 1. The minimum Gasteiger partial charge on any atom is -0.495 e. The minimum absolute atomic E-state index is 0.125. The number of nitrogens with one attached hydrogen (secondary N) is 2. The van der Waals surface area contributed by atoms with Crippen molar-refractivity contribution in [2.75, 3.05) is 7.11 Å². The van der Waals surface area contributed by atoms with E-state index in [-0.39, 0.29) is 17.8 Å². The van der Waals surface area contributed by atoms with Gasteiger partial charge in [0.25, 0.3) is 5.91 Å². The molecule has 1 heterocycles. The first-order valence-corrected chi connectivity index (χ1v) is 9.45. The smallest absolute Gasteiger partial charge is 0.255 e. The highest BCUT2D eigenvalue weighted by molar-refractivity contribution is 6.05. The highest BCUT2D eigenvalue weighted by Gasteiger charge is 2.22. The topological polar surface area (TPSA) is 67.0 Å². The average Bonchev–Trinajstić information content (AvgIpc) is 3.36. The number of carbonyl (C=O) groups excluding carboxylic acids is 1. The maximum Gasteiger partial charge on any atom is 0.255 e. The average molecular weight is 379 g/mol. The van der Waals surface area contributed by atoms with Crippen molar-refractivity contribution in [3.8, 4) is 5.75 Å². The van der Waals surface area contributed by atoms with E-state index in [1.165, 1.54) is 12.1 Å². The van der Waals surface area contributed by atoms with Gasteiger partial charge < -0.3 is 10.1 Å². The maximum absolute atomic E-state index is 13.1. The molecule has 6 heteroatoms. The summed E-state index contributed by atoms with van der Waals surface area (Å²) in [7, 11) is 1.56. The number of amides is 1. The zero-order valence-corrected chi connectivity index (χ0v) is 15.7. The molecule has 2 N–H and O–H groups in total. The summed E-state index contributed by atoms with van der Waals surface area (Å²) in [5, 5.41) is 11.2. The van der Waals surface area contributed by atoms with Crippen molar-refractivity contribution in [3.63, 3.8) is 0 Å². The summed E-state index contributed by atoms with van der Waals surface area (Å²) in [6.07, 6.45) is 8.02. The Bertz CT molecular complexity index is 1020. The van der Waals surface area contributed by atoms with Gasteiger partial charge in [0.05, 0.1) is 29.3 Å². The summed E-state index contributed by atoms with van der Waals surface area (Å²) in [4.78, 5) is 12.8. The quantitative estimate of drug-likeness (QED) is 0.683. The van der Waals surface area contributed by atoms with Crippen molar-refractivity contribution >= 4 is 29.0 Å². The number of ether oxygens (including phenoxy) is 1. The van der Waals surface area contributed by atoms with Gasteiger partial charge in [-0.2, -0.15) is 5.10 Å². The summed E-state index contributed by atoms with van der Waals surface area (Å²) in [5.41, 5.74) is 2.80. The lowest BCUT2D eigenvalue weighted by Gasteiger charge is -2.14. The third-order valence-electron chi connectivity index (χ3n) is 5.15. The lowest BCUT2D eigenvalue weighted by atomic mass is 10.1. The molecule has 1 saturated carbocycles. The van der Waals surface area contributed by atoms with E-state index in [2.05, 4.69) is 15.5 Å². The van der Waals surface area contributed by atoms with Crippen LogP contribution in [-0.4, -0.2) is 29.3 Å². The summed E-state index contributed by atoms with van der Waals surface area (Å²) < 4.78 is 18.7. The van der Waals surface area contributed by atoms with Crippen LogP contribution in [0.2, 0.25) is 0 Å². The number of carbonyl (C=O) groups is 1. The fourth-order valence-corrected chi connectivity index (χ4v) is 3.70. The first-order valence-electron chi connectivity index (χ1n) is 9.45. The van der Waals surface area contributed by atoms with Gasteiger partial charge in [0.1, 0.15) is 11.6 Å². The Labute approximate surface area is 162 Å². The summed E-state index contributed by atoms with van der Waals surface area (Å²) in [5.74, 6) is 0.0998. The van der Waals surface area contributed by atoms with Crippen LogP contribution in [-0.2, 0) is 0 Å². The molecular weight excluding hydrogens is 357 g/mol. The zero-order valence-electron chi connectivity index (χ0n) is 15.7. The molecule has 0 spiro atoms. The van der Waals surface area contributed by atoms with E-state index in [1.54, 1.807) is 25.3 Å². The van der Waals surface area contributed by atoms with Crippen molar-refractivity contribution in [2.24, 2.45) is 0 Å². The second kappa shape index (κ2) is 7.84. The minimum atomic E-state index is -0.276. The van der Waals surface area contributed by atoms with E-state index in [0.717, 1.165) is 42.1 Å². The highest BCUT2D eigenvalue weighted by atomic mass is 19.1. The van der Waals surface area contributed by atoms with Crippen LogP contribution < -0.4 is 10.1 Å². The lowest BCUT2D eigenvalue weighted by molar-refractivity contribution is 0.0935. The van der Waals surface area contributed by atoms with Crippen molar-refractivity contribution in [1.29, 1.82) is 0 Å². The second-order valence-corrected chi connectivity index (χ2v) is 7.02. The molecule has 1 amide bonds. The first-order chi connectivity index (χ1) is 13.7. The van der Waals surface area contributed by atoms with Gasteiger partial charge in [0.2, 0.25) is 0 Å². The molecule has 1 aliphatic carbocycles. The van der Waals surface area contributed by atoms with Gasteiger partial charge >= 0.3 is 0 Å². The van der Waals surface area contributed by atoms with Crippen LogP contribution in [0.4, 0.5) is 4.39 Å². The predicted molar refractivity (Wildman–Crippen MR) is 108 cm³/mol.